The number of hydrogen-bond acceptors (Lipinski definition) is 6. The van der Waals surface area contributed by atoms with Crippen molar-refractivity contribution in [3.63, 3.8) is 0 Å². The smallest absolute Gasteiger partial charge is 0.269 e. The van der Waals surface area contributed by atoms with E-state index in [-0.39, 0.29) is 17.5 Å². The molecule has 1 amide bonds. The molecule has 0 bridgehead atoms. The number of hydrogen-bond donors (Lipinski definition) is 1. The molecule has 0 aliphatic carbocycles. The Balaban J connectivity index is 1.63. The van der Waals surface area contributed by atoms with E-state index in [1.165, 1.54) is 12.1 Å². The summed E-state index contributed by atoms with van der Waals surface area (Å²) < 4.78 is 0. The lowest BCUT2D eigenvalue weighted by Crippen LogP contribution is -2.41. The minimum Gasteiger partial charge on any atom is -0.354 e. The van der Waals surface area contributed by atoms with Crippen LogP contribution in [0.4, 0.5) is 17.2 Å². The fourth-order valence-corrected chi connectivity index (χ4v) is 2.87. The Labute approximate surface area is 145 Å². The number of carbonyl (C=O) groups is 1. The Morgan fingerprint density at radius 2 is 2.00 bits per heavy atom. The first-order chi connectivity index (χ1) is 12.0. The predicted octanol–water partition coefficient (Wildman–Crippen LogP) is 2.55. The third-order valence-electron chi connectivity index (χ3n) is 4.25. The van der Waals surface area contributed by atoms with E-state index in [0.717, 1.165) is 30.9 Å². The van der Waals surface area contributed by atoms with Gasteiger partial charge in [0.1, 0.15) is 0 Å². The normalized spacial score (nSPS) is 17.2. The molecule has 130 valence electrons. The van der Waals surface area contributed by atoms with Crippen LogP contribution in [0.2, 0.25) is 0 Å². The zero-order chi connectivity index (χ0) is 17.8. The van der Waals surface area contributed by atoms with Gasteiger partial charge < -0.3 is 10.2 Å². The number of nitrogens with one attached hydrogen (secondary N) is 1. The molecule has 0 spiro atoms. The summed E-state index contributed by atoms with van der Waals surface area (Å²) in [5, 5.41) is 21.8. The number of nitro benzene ring substituents is 1. The van der Waals surface area contributed by atoms with Gasteiger partial charge in [0.25, 0.3) is 5.69 Å². The molecular formula is C17H19N5O3. The van der Waals surface area contributed by atoms with Crippen LogP contribution < -0.4 is 10.2 Å². The number of amides is 1. The average molecular weight is 341 g/mol. The van der Waals surface area contributed by atoms with Gasteiger partial charge in [0.2, 0.25) is 5.91 Å². The van der Waals surface area contributed by atoms with Crippen molar-refractivity contribution in [3.8, 4) is 0 Å². The highest BCUT2D eigenvalue weighted by Gasteiger charge is 2.26. The van der Waals surface area contributed by atoms with Gasteiger partial charge in [-0.3, -0.25) is 14.9 Å². The van der Waals surface area contributed by atoms with Gasteiger partial charge in [-0.2, -0.15) is 5.10 Å². The van der Waals surface area contributed by atoms with Gasteiger partial charge in [0.05, 0.1) is 16.5 Å². The predicted molar refractivity (Wildman–Crippen MR) is 93.4 cm³/mol. The van der Waals surface area contributed by atoms with E-state index < -0.39 is 4.92 Å². The molecule has 1 unspecified atom stereocenters. The summed E-state index contributed by atoms with van der Waals surface area (Å²) >= 11 is 0. The molecule has 2 aromatic rings. The van der Waals surface area contributed by atoms with Crippen LogP contribution in [0.3, 0.4) is 0 Å². The lowest BCUT2D eigenvalue weighted by Gasteiger charge is -2.32. The number of aromatic nitrogens is 2. The number of piperidine rings is 1. The molecule has 1 aromatic heterocycles. The molecular weight excluding hydrogens is 322 g/mol. The zero-order valence-corrected chi connectivity index (χ0v) is 13.9. The number of aryl methyl sites for hydroxylation is 1. The molecule has 25 heavy (non-hydrogen) atoms. The summed E-state index contributed by atoms with van der Waals surface area (Å²) in [5.74, 6) is 0.532. The number of nitro groups is 1. The fraction of sp³-hybridized carbons (Fsp3) is 0.353. The molecule has 1 atom stereocenters. The summed E-state index contributed by atoms with van der Waals surface area (Å²) in [6.07, 6.45) is 1.70. The van der Waals surface area contributed by atoms with E-state index in [0.29, 0.717) is 12.2 Å². The van der Waals surface area contributed by atoms with E-state index in [4.69, 9.17) is 0 Å². The second-order valence-corrected chi connectivity index (χ2v) is 6.11. The maximum atomic E-state index is 12.5. The largest absolute Gasteiger partial charge is 0.354 e. The standard InChI is InChI=1S/C17H19N5O3/c1-12-4-9-16(20-19-12)21-10-2-3-13(11-21)17(23)18-14-5-7-15(8-6-14)22(24)25/h4-9,13H,2-3,10-11H2,1H3,(H,18,23). The van der Waals surface area contributed by atoms with Crippen molar-refractivity contribution < 1.29 is 9.72 Å². The van der Waals surface area contributed by atoms with Gasteiger partial charge in [0, 0.05) is 30.9 Å². The molecule has 3 rings (SSSR count). The molecule has 2 heterocycles. The van der Waals surface area contributed by atoms with Crippen molar-refractivity contribution in [2.75, 3.05) is 23.3 Å². The van der Waals surface area contributed by atoms with E-state index in [1.54, 1.807) is 12.1 Å². The monoisotopic (exact) mass is 341 g/mol. The number of anilines is 2. The molecule has 1 aliphatic heterocycles. The highest BCUT2D eigenvalue weighted by atomic mass is 16.6. The average Bonchev–Trinajstić information content (AvgIpc) is 2.63. The Hall–Kier alpha value is -3.03. The molecule has 0 radical (unpaired) electrons. The second-order valence-electron chi connectivity index (χ2n) is 6.11. The van der Waals surface area contributed by atoms with E-state index >= 15 is 0 Å². The van der Waals surface area contributed by atoms with Gasteiger partial charge in [0.15, 0.2) is 5.82 Å². The number of nitrogens with zero attached hydrogens (tertiary/aromatic N) is 4. The lowest BCUT2D eigenvalue weighted by atomic mass is 9.97. The maximum absolute atomic E-state index is 12.5. The minimum absolute atomic E-state index is 0.000198. The van der Waals surface area contributed by atoms with Gasteiger partial charge in [-0.05, 0) is 44.0 Å². The molecule has 0 saturated carbocycles. The van der Waals surface area contributed by atoms with Gasteiger partial charge in [-0.1, -0.05) is 0 Å². The molecule has 8 heteroatoms. The third-order valence-corrected chi connectivity index (χ3v) is 4.25. The summed E-state index contributed by atoms with van der Waals surface area (Å²) in [5.41, 5.74) is 1.41. The third kappa shape index (κ3) is 4.09. The van der Waals surface area contributed by atoms with Crippen LogP contribution in [0.25, 0.3) is 0 Å². The Kier molecular flexibility index (Phi) is 4.87. The summed E-state index contributed by atoms with van der Waals surface area (Å²) in [4.78, 5) is 24.8. The number of rotatable bonds is 4. The van der Waals surface area contributed by atoms with Crippen LogP contribution in [0, 0.1) is 23.0 Å². The van der Waals surface area contributed by atoms with Crippen molar-refractivity contribution in [2.24, 2.45) is 5.92 Å². The van der Waals surface area contributed by atoms with Crippen molar-refractivity contribution in [3.05, 3.63) is 52.2 Å². The zero-order valence-electron chi connectivity index (χ0n) is 13.9. The first-order valence-corrected chi connectivity index (χ1v) is 8.13. The topological polar surface area (TPSA) is 101 Å². The minimum atomic E-state index is -0.465. The Morgan fingerprint density at radius 1 is 1.24 bits per heavy atom. The number of carbonyl (C=O) groups excluding carboxylic acids is 1. The SMILES string of the molecule is Cc1ccc(N2CCCC(C(=O)Nc3ccc([N+](=O)[O-])cc3)C2)nn1. The summed E-state index contributed by atoms with van der Waals surface area (Å²) in [6.45, 7) is 3.31. The second kappa shape index (κ2) is 7.25. The van der Waals surface area contributed by atoms with Crippen LogP contribution in [-0.2, 0) is 4.79 Å². The van der Waals surface area contributed by atoms with E-state index in [9.17, 15) is 14.9 Å². The Bertz CT molecular complexity index is 761. The molecule has 8 nitrogen and oxygen atoms in total. The number of benzene rings is 1. The first kappa shape index (κ1) is 16.8. The van der Waals surface area contributed by atoms with E-state index in [1.807, 2.05) is 19.1 Å². The van der Waals surface area contributed by atoms with Crippen LogP contribution in [-0.4, -0.2) is 34.1 Å². The van der Waals surface area contributed by atoms with Crippen molar-refractivity contribution >= 4 is 23.1 Å². The Morgan fingerprint density at radius 3 is 2.64 bits per heavy atom. The summed E-state index contributed by atoms with van der Waals surface area (Å²) in [6, 6.07) is 9.67. The van der Waals surface area contributed by atoms with Gasteiger partial charge >= 0.3 is 0 Å². The maximum Gasteiger partial charge on any atom is 0.269 e. The van der Waals surface area contributed by atoms with Crippen molar-refractivity contribution in [1.29, 1.82) is 0 Å². The molecule has 1 aromatic carbocycles. The molecule has 1 saturated heterocycles. The number of non-ortho nitro benzene ring substituents is 1. The van der Waals surface area contributed by atoms with Crippen molar-refractivity contribution in [2.45, 2.75) is 19.8 Å². The van der Waals surface area contributed by atoms with Crippen LogP contribution in [0.1, 0.15) is 18.5 Å². The highest BCUT2D eigenvalue weighted by Crippen LogP contribution is 2.23. The molecule has 1 N–H and O–H groups in total. The highest BCUT2D eigenvalue weighted by molar-refractivity contribution is 5.93. The molecule has 1 fully saturated rings. The van der Waals surface area contributed by atoms with Crippen LogP contribution in [0.15, 0.2) is 36.4 Å². The van der Waals surface area contributed by atoms with Crippen LogP contribution >= 0.6 is 0 Å². The molecule has 1 aliphatic rings. The lowest BCUT2D eigenvalue weighted by molar-refractivity contribution is -0.384. The van der Waals surface area contributed by atoms with Gasteiger partial charge in [-0.25, -0.2) is 0 Å². The summed E-state index contributed by atoms with van der Waals surface area (Å²) in [7, 11) is 0. The van der Waals surface area contributed by atoms with E-state index in [2.05, 4.69) is 20.4 Å². The van der Waals surface area contributed by atoms with Gasteiger partial charge in [-0.15, -0.1) is 5.10 Å². The van der Waals surface area contributed by atoms with Crippen molar-refractivity contribution in [1.82, 2.24) is 10.2 Å². The first-order valence-electron chi connectivity index (χ1n) is 8.13. The quantitative estimate of drug-likeness (QED) is 0.677. The van der Waals surface area contributed by atoms with Crippen LogP contribution in [0.5, 0.6) is 0 Å². The fourth-order valence-electron chi connectivity index (χ4n) is 2.87.